The van der Waals surface area contributed by atoms with Crippen molar-refractivity contribution in [1.82, 2.24) is 9.97 Å². The van der Waals surface area contributed by atoms with Crippen LogP contribution < -0.4 is 4.74 Å². The first-order valence-electron chi connectivity index (χ1n) is 5.50. The standard InChI is InChI=1S/C12H9N3O5/c16-11(17)5-8-3-1-2-4-10(8)20-12-13-6-9(7-14-12)15(18)19/h1-4,6-7H,5H2,(H,16,17). The molecule has 0 radical (unpaired) electrons. The number of nitrogens with zero attached hydrogens (tertiary/aromatic N) is 3. The van der Waals surface area contributed by atoms with Crippen LogP contribution in [0.1, 0.15) is 5.56 Å². The zero-order valence-corrected chi connectivity index (χ0v) is 10.1. The number of carboxylic acid groups (broad SMARTS) is 1. The molecule has 1 aromatic heterocycles. The smallest absolute Gasteiger partial charge is 0.322 e. The molecular formula is C12H9N3O5. The van der Waals surface area contributed by atoms with Crippen molar-refractivity contribution in [3.63, 3.8) is 0 Å². The van der Waals surface area contributed by atoms with Crippen molar-refractivity contribution < 1.29 is 19.6 Å². The Morgan fingerprint density at radius 3 is 2.55 bits per heavy atom. The van der Waals surface area contributed by atoms with Crippen molar-refractivity contribution in [2.75, 3.05) is 0 Å². The summed E-state index contributed by atoms with van der Waals surface area (Å²) in [7, 11) is 0. The Bertz CT molecular complexity index is 642. The maximum absolute atomic E-state index is 10.7. The topological polar surface area (TPSA) is 115 Å². The Kier molecular flexibility index (Phi) is 3.85. The highest BCUT2D eigenvalue weighted by atomic mass is 16.6. The van der Waals surface area contributed by atoms with Crippen molar-refractivity contribution in [2.24, 2.45) is 0 Å². The van der Waals surface area contributed by atoms with Crippen LogP contribution in [0.3, 0.4) is 0 Å². The van der Waals surface area contributed by atoms with E-state index in [2.05, 4.69) is 9.97 Å². The van der Waals surface area contributed by atoms with Gasteiger partial charge in [0, 0.05) is 5.56 Å². The molecular weight excluding hydrogens is 266 g/mol. The summed E-state index contributed by atoms with van der Waals surface area (Å²) in [5.74, 6) is -0.700. The monoisotopic (exact) mass is 275 g/mol. The van der Waals surface area contributed by atoms with Crippen LogP contribution in [0.4, 0.5) is 5.69 Å². The summed E-state index contributed by atoms with van der Waals surface area (Å²) >= 11 is 0. The molecule has 0 aliphatic heterocycles. The second-order valence-electron chi connectivity index (χ2n) is 3.76. The number of hydrogen-bond donors (Lipinski definition) is 1. The van der Waals surface area contributed by atoms with Gasteiger partial charge in [-0.05, 0) is 6.07 Å². The normalized spacial score (nSPS) is 10.0. The van der Waals surface area contributed by atoms with E-state index in [4.69, 9.17) is 9.84 Å². The third-order valence-electron chi connectivity index (χ3n) is 2.34. The van der Waals surface area contributed by atoms with Gasteiger partial charge in [0.05, 0.1) is 11.3 Å². The number of rotatable bonds is 5. The number of carboxylic acids is 1. The van der Waals surface area contributed by atoms with E-state index >= 15 is 0 Å². The van der Waals surface area contributed by atoms with Gasteiger partial charge < -0.3 is 9.84 Å². The van der Waals surface area contributed by atoms with Crippen molar-refractivity contribution >= 4 is 11.7 Å². The van der Waals surface area contributed by atoms with Crippen LogP contribution in [0.2, 0.25) is 0 Å². The molecule has 2 rings (SSSR count). The second-order valence-corrected chi connectivity index (χ2v) is 3.76. The molecule has 1 N–H and O–H groups in total. The Labute approximate surface area is 112 Å². The molecule has 0 fully saturated rings. The lowest BCUT2D eigenvalue weighted by Crippen LogP contribution is -2.02. The second kappa shape index (κ2) is 5.74. The van der Waals surface area contributed by atoms with Crippen molar-refractivity contribution in [1.29, 1.82) is 0 Å². The molecule has 2 aromatic rings. The molecule has 0 spiro atoms. The predicted molar refractivity (Wildman–Crippen MR) is 66.5 cm³/mol. The largest absolute Gasteiger partial charge is 0.481 e. The molecule has 8 nitrogen and oxygen atoms in total. The van der Waals surface area contributed by atoms with Crippen LogP contribution in [0, 0.1) is 10.1 Å². The average molecular weight is 275 g/mol. The quantitative estimate of drug-likeness (QED) is 0.653. The van der Waals surface area contributed by atoms with Gasteiger partial charge in [-0.3, -0.25) is 14.9 Å². The van der Waals surface area contributed by atoms with Gasteiger partial charge in [0.15, 0.2) is 0 Å². The summed E-state index contributed by atoms with van der Waals surface area (Å²) in [6.45, 7) is 0. The molecule has 1 heterocycles. The van der Waals surface area contributed by atoms with Gasteiger partial charge in [-0.1, -0.05) is 18.2 Å². The molecule has 102 valence electrons. The van der Waals surface area contributed by atoms with E-state index in [-0.39, 0.29) is 18.1 Å². The van der Waals surface area contributed by atoms with E-state index in [0.29, 0.717) is 11.3 Å². The van der Waals surface area contributed by atoms with Crippen LogP contribution in [-0.2, 0) is 11.2 Å². The first-order chi connectivity index (χ1) is 9.56. The molecule has 0 saturated carbocycles. The first-order valence-corrected chi connectivity index (χ1v) is 5.50. The van der Waals surface area contributed by atoms with Gasteiger partial charge in [-0.2, -0.15) is 9.97 Å². The van der Waals surface area contributed by atoms with Crippen LogP contribution in [-0.4, -0.2) is 26.0 Å². The van der Waals surface area contributed by atoms with E-state index in [9.17, 15) is 14.9 Å². The number of aromatic nitrogens is 2. The molecule has 0 atom stereocenters. The molecule has 0 aliphatic rings. The minimum Gasteiger partial charge on any atom is -0.481 e. The Balaban J connectivity index is 2.21. The molecule has 0 amide bonds. The molecule has 1 aromatic carbocycles. The maximum atomic E-state index is 10.7. The van der Waals surface area contributed by atoms with Crippen LogP contribution >= 0.6 is 0 Å². The molecule has 0 unspecified atom stereocenters. The van der Waals surface area contributed by atoms with Crippen LogP contribution in [0.25, 0.3) is 0 Å². The first kappa shape index (κ1) is 13.4. The van der Waals surface area contributed by atoms with Crippen molar-refractivity contribution in [3.8, 4) is 11.8 Å². The zero-order valence-electron chi connectivity index (χ0n) is 10.1. The summed E-state index contributed by atoms with van der Waals surface area (Å²) in [5.41, 5.74) is 0.207. The summed E-state index contributed by atoms with van der Waals surface area (Å²) in [6.07, 6.45) is 1.83. The van der Waals surface area contributed by atoms with Gasteiger partial charge in [0.2, 0.25) is 0 Å². The lowest BCUT2D eigenvalue weighted by molar-refractivity contribution is -0.385. The van der Waals surface area contributed by atoms with Gasteiger partial charge in [-0.15, -0.1) is 0 Å². The lowest BCUT2D eigenvalue weighted by Gasteiger charge is -2.07. The van der Waals surface area contributed by atoms with E-state index in [1.807, 2.05) is 0 Å². The Morgan fingerprint density at radius 1 is 1.30 bits per heavy atom. The SMILES string of the molecule is O=C(O)Cc1ccccc1Oc1ncc([N+](=O)[O-])cn1. The van der Waals surface area contributed by atoms with E-state index in [0.717, 1.165) is 12.4 Å². The van der Waals surface area contributed by atoms with Gasteiger partial charge in [0.1, 0.15) is 18.1 Å². The number of nitro groups is 1. The molecule has 20 heavy (non-hydrogen) atoms. The van der Waals surface area contributed by atoms with Gasteiger partial charge in [-0.25, -0.2) is 0 Å². The number of ether oxygens (including phenoxy) is 1. The molecule has 0 aliphatic carbocycles. The zero-order chi connectivity index (χ0) is 14.5. The van der Waals surface area contributed by atoms with E-state index < -0.39 is 10.9 Å². The lowest BCUT2D eigenvalue weighted by atomic mass is 10.1. The van der Waals surface area contributed by atoms with Crippen LogP contribution in [0.5, 0.6) is 11.8 Å². The van der Waals surface area contributed by atoms with Crippen molar-refractivity contribution in [2.45, 2.75) is 6.42 Å². The number of hydrogen-bond acceptors (Lipinski definition) is 6. The molecule has 0 bridgehead atoms. The van der Waals surface area contributed by atoms with E-state index in [1.165, 1.54) is 0 Å². The minimum atomic E-state index is -0.995. The Hall–Kier alpha value is -3.03. The number of benzene rings is 1. The summed E-state index contributed by atoms with van der Waals surface area (Å²) in [6, 6.07) is 6.44. The van der Waals surface area contributed by atoms with Crippen LogP contribution in [0.15, 0.2) is 36.7 Å². The van der Waals surface area contributed by atoms with Gasteiger partial charge >= 0.3 is 17.7 Å². The van der Waals surface area contributed by atoms with Crippen molar-refractivity contribution in [3.05, 3.63) is 52.3 Å². The highest BCUT2D eigenvalue weighted by molar-refractivity contribution is 5.71. The van der Waals surface area contributed by atoms with Gasteiger partial charge in [0.25, 0.3) is 0 Å². The fraction of sp³-hybridized carbons (Fsp3) is 0.0833. The summed E-state index contributed by atoms with van der Waals surface area (Å²) in [4.78, 5) is 28.0. The predicted octanol–water partition coefficient (Wildman–Crippen LogP) is 1.80. The number of aliphatic carboxylic acids is 1. The highest BCUT2D eigenvalue weighted by Gasteiger charge is 2.11. The fourth-order valence-electron chi connectivity index (χ4n) is 1.47. The minimum absolute atomic E-state index is 0.0894. The number of para-hydroxylation sites is 1. The fourth-order valence-corrected chi connectivity index (χ4v) is 1.47. The van der Waals surface area contributed by atoms with E-state index in [1.54, 1.807) is 24.3 Å². The summed E-state index contributed by atoms with van der Waals surface area (Å²) < 4.78 is 5.34. The number of carbonyl (C=O) groups is 1. The molecule has 0 saturated heterocycles. The average Bonchev–Trinajstić information content (AvgIpc) is 2.41. The maximum Gasteiger partial charge on any atom is 0.322 e. The molecule has 8 heteroatoms. The third kappa shape index (κ3) is 3.25. The Morgan fingerprint density at radius 2 is 1.95 bits per heavy atom. The third-order valence-corrected chi connectivity index (χ3v) is 2.34. The summed E-state index contributed by atoms with van der Waals surface area (Å²) in [5, 5.41) is 19.3. The highest BCUT2D eigenvalue weighted by Crippen LogP contribution is 2.23.